The third-order valence-corrected chi connectivity index (χ3v) is 2.49. The predicted molar refractivity (Wildman–Crippen MR) is 71.5 cm³/mol. The lowest BCUT2D eigenvalue weighted by molar-refractivity contribution is 0.295. The molecule has 2 aromatic rings. The van der Waals surface area contributed by atoms with Crippen LogP contribution < -0.4 is 4.74 Å². The largest absolute Gasteiger partial charge is 0.486 e. The van der Waals surface area contributed by atoms with Gasteiger partial charge in [0.05, 0.1) is 0 Å². The van der Waals surface area contributed by atoms with Crippen molar-refractivity contribution < 1.29 is 9.84 Å². The molecular formula is C15H14N2O2. The molecule has 0 atom stereocenters. The van der Waals surface area contributed by atoms with E-state index >= 15 is 0 Å². The summed E-state index contributed by atoms with van der Waals surface area (Å²) in [5.74, 6) is 6.90. The molecule has 1 aromatic carbocycles. The molecule has 1 aromatic heterocycles. The van der Waals surface area contributed by atoms with E-state index < -0.39 is 0 Å². The highest BCUT2D eigenvalue weighted by atomic mass is 16.5. The first kappa shape index (κ1) is 13.1. The number of ether oxygens (including phenoxy) is 1. The number of aryl methyl sites for hydroxylation is 1. The zero-order chi connectivity index (χ0) is 13.5. The number of aliphatic hydroxyl groups excluding tert-OH is 1. The average molecular weight is 254 g/mol. The zero-order valence-corrected chi connectivity index (χ0v) is 10.6. The molecule has 0 bridgehead atoms. The van der Waals surface area contributed by atoms with Gasteiger partial charge in [-0.2, -0.15) is 0 Å². The molecule has 1 heterocycles. The summed E-state index contributed by atoms with van der Waals surface area (Å²) in [7, 11) is 0. The van der Waals surface area contributed by atoms with Crippen LogP contribution in [0.4, 0.5) is 0 Å². The van der Waals surface area contributed by atoms with Crippen LogP contribution in [-0.4, -0.2) is 21.7 Å². The highest BCUT2D eigenvalue weighted by Crippen LogP contribution is 2.17. The zero-order valence-electron chi connectivity index (χ0n) is 10.6. The molecule has 96 valence electrons. The first-order chi connectivity index (χ1) is 9.29. The van der Waals surface area contributed by atoms with E-state index in [9.17, 15) is 0 Å². The molecule has 0 aliphatic heterocycles. The van der Waals surface area contributed by atoms with E-state index in [1.165, 1.54) is 0 Å². The molecule has 0 aliphatic rings. The van der Waals surface area contributed by atoms with Crippen molar-refractivity contribution in [3.8, 4) is 17.6 Å². The summed E-state index contributed by atoms with van der Waals surface area (Å²) >= 11 is 0. The first-order valence-electron chi connectivity index (χ1n) is 5.88. The van der Waals surface area contributed by atoms with E-state index in [0.717, 1.165) is 16.9 Å². The van der Waals surface area contributed by atoms with E-state index in [-0.39, 0.29) is 6.61 Å². The Balaban J connectivity index is 2.04. The second kappa shape index (κ2) is 6.53. The van der Waals surface area contributed by atoms with Crippen molar-refractivity contribution in [2.75, 3.05) is 6.61 Å². The number of benzene rings is 1. The molecule has 0 aliphatic carbocycles. The van der Waals surface area contributed by atoms with Crippen molar-refractivity contribution >= 4 is 0 Å². The molecular weight excluding hydrogens is 240 g/mol. The Morgan fingerprint density at radius 3 is 2.74 bits per heavy atom. The number of aromatic nitrogens is 2. The Morgan fingerprint density at radius 2 is 2.05 bits per heavy atom. The number of rotatable bonds is 3. The van der Waals surface area contributed by atoms with Crippen LogP contribution in [-0.2, 0) is 6.61 Å². The van der Waals surface area contributed by atoms with Crippen LogP contribution in [0.25, 0.3) is 0 Å². The summed E-state index contributed by atoms with van der Waals surface area (Å²) in [5, 5.41) is 8.67. The van der Waals surface area contributed by atoms with Gasteiger partial charge >= 0.3 is 0 Å². The minimum Gasteiger partial charge on any atom is -0.486 e. The summed E-state index contributed by atoms with van der Waals surface area (Å²) < 4.78 is 5.61. The van der Waals surface area contributed by atoms with Gasteiger partial charge in [-0.05, 0) is 36.8 Å². The molecule has 0 fully saturated rings. The van der Waals surface area contributed by atoms with Gasteiger partial charge in [0, 0.05) is 18.0 Å². The molecule has 4 nitrogen and oxygen atoms in total. The van der Waals surface area contributed by atoms with Crippen molar-refractivity contribution in [3.05, 3.63) is 53.6 Å². The van der Waals surface area contributed by atoms with Crippen LogP contribution in [0.3, 0.4) is 0 Å². The van der Waals surface area contributed by atoms with Gasteiger partial charge in [-0.15, -0.1) is 0 Å². The lowest BCUT2D eigenvalue weighted by atomic mass is 10.1. The predicted octanol–water partition coefficient (Wildman–Crippen LogP) is 1.71. The highest BCUT2D eigenvalue weighted by molar-refractivity contribution is 5.44. The lowest BCUT2D eigenvalue weighted by Crippen LogP contribution is -2.00. The third-order valence-electron chi connectivity index (χ3n) is 2.49. The van der Waals surface area contributed by atoms with Crippen molar-refractivity contribution in [2.24, 2.45) is 0 Å². The summed E-state index contributed by atoms with van der Waals surface area (Å²) in [6.45, 7) is 2.15. The maximum absolute atomic E-state index is 8.67. The van der Waals surface area contributed by atoms with Crippen LogP contribution in [0.2, 0.25) is 0 Å². The van der Waals surface area contributed by atoms with Gasteiger partial charge in [-0.3, -0.25) is 0 Å². The van der Waals surface area contributed by atoms with E-state index in [2.05, 4.69) is 21.8 Å². The average Bonchev–Trinajstić information content (AvgIpc) is 2.45. The minimum absolute atomic E-state index is 0.136. The van der Waals surface area contributed by atoms with E-state index in [0.29, 0.717) is 12.4 Å². The molecule has 2 rings (SSSR count). The lowest BCUT2D eigenvalue weighted by Gasteiger charge is -2.06. The van der Waals surface area contributed by atoms with Gasteiger partial charge in [0.2, 0.25) is 0 Å². The molecule has 1 N–H and O–H groups in total. The summed E-state index contributed by atoms with van der Waals surface area (Å²) in [4.78, 5) is 8.18. The van der Waals surface area contributed by atoms with Crippen LogP contribution >= 0.6 is 0 Å². The Kier molecular flexibility index (Phi) is 4.49. The monoisotopic (exact) mass is 254 g/mol. The highest BCUT2D eigenvalue weighted by Gasteiger charge is 2.00. The summed E-state index contributed by atoms with van der Waals surface area (Å²) in [6.07, 6.45) is 3.37. The second-order valence-corrected chi connectivity index (χ2v) is 3.89. The Hall–Kier alpha value is -2.38. The molecule has 0 unspecified atom stereocenters. The second-order valence-electron chi connectivity index (χ2n) is 3.89. The number of nitrogens with zero attached hydrogens (tertiary/aromatic N) is 2. The van der Waals surface area contributed by atoms with Crippen molar-refractivity contribution in [1.29, 1.82) is 0 Å². The summed E-state index contributed by atoms with van der Waals surface area (Å²) in [6, 6.07) is 7.39. The Morgan fingerprint density at radius 1 is 1.26 bits per heavy atom. The molecule has 4 heteroatoms. The van der Waals surface area contributed by atoms with E-state index in [1.54, 1.807) is 18.5 Å². The standard InChI is InChI=1S/C15H14N2O2/c1-12-10-14(6-5-13(12)4-2-9-18)19-11-15-16-7-3-8-17-15/h3,5-8,10,18H,9,11H2,1H3. The third kappa shape index (κ3) is 3.80. The molecule has 0 radical (unpaired) electrons. The van der Waals surface area contributed by atoms with Gasteiger partial charge in [0.25, 0.3) is 0 Å². The van der Waals surface area contributed by atoms with Crippen LogP contribution in [0.5, 0.6) is 5.75 Å². The molecule has 0 saturated heterocycles. The molecule has 0 saturated carbocycles. The van der Waals surface area contributed by atoms with Crippen molar-refractivity contribution in [2.45, 2.75) is 13.5 Å². The first-order valence-corrected chi connectivity index (χ1v) is 5.88. The van der Waals surface area contributed by atoms with Crippen molar-refractivity contribution in [1.82, 2.24) is 9.97 Å². The quantitative estimate of drug-likeness (QED) is 0.847. The Labute approximate surface area is 112 Å². The number of aliphatic hydroxyl groups is 1. The maximum Gasteiger partial charge on any atom is 0.166 e. The molecule has 0 spiro atoms. The molecule has 19 heavy (non-hydrogen) atoms. The van der Waals surface area contributed by atoms with Gasteiger partial charge < -0.3 is 9.84 Å². The van der Waals surface area contributed by atoms with E-state index in [1.807, 2.05) is 25.1 Å². The van der Waals surface area contributed by atoms with Gasteiger partial charge in [0.1, 0.15) is 19.0 Å². The van der Waals surface area contributed by atoms with Crippen LogP contribution in [0.1, 0.15) is 17.0 Å². The SMILES string of the molecule is Cc1cc(OCc2ncccn2)ccc1C#CCO. The van der Waals surface area contributed by atoms with Crippen molar-refractivity contribution in [3.63, 3.8) is 0 Å². The van der Waals surface area contributed by atoms with Gasteiger partial charge in [-0.25, -0.2) is 9.97 Å². The summed E-state index contributed by atoms with van der Waals surface area (Å²) in [5.41, 5.74) is 1.89. The Bertz CT molecular complexity index is 601. The maximum atomic E-state index is 8.67. The minimum atomic E-state index is -0.136. The molecule has 0 amide bonds. The fourth-order valence-electron chi connectivity index (χ4n) is 1.55. The van der Waals surface area contributed by atoms with Gasteiger partial charge in [0.15, 0.2) is 5.82 Å². The van der Waals surface area contributed by atoms with E-state index in [4.69, 9.17) is 9.84 Å². The fraction of sp³-hybridized carbons (Fsp3) is 0.200. The van der Waals surface area contributed by atoms with Gasteiger partial charge in [-0.1, -0.05) is 11.8 Å². The number of hydrogen-bond acceptors (Lipinski definition) is 4. The normalized spacial score (nSPS) is 9.58. The smallest absolute Gasteiger partial charge is 0.166 e. The van der Waals surface area contributed by atoms with Crippen LogP contribution in [0, 0.1) is 18.8 Å². The fourth-order valence-corrected chi connectivity index (χ4v) is 1.55. The number of hydrogen-bond donors (Lipinski definition) is 1. The van der Waals surface area contributed by atoms with Crippen LogP contribution in [0.15, 0.2) is 36.7 Å². The topological polar surface area (TPSA) is 55.2 Å².